The lowest BCUT2D eigenvalue weighted by Crippen LogP contribution is -2.16. The van der Waals surface area contributed by atoms with E-state index in [1.165, 1.54) is 39.7 Å². The van der Waals surface area contributed by atoms with Gasteiger partial charge in [-0.25, -0.2) is 9.59 Å². The topological polar surface area (TPSA) is 116 Å². The number of ether oxygens (including phenoxy) is 3. The molecule has 9 heteroatoms. The van der Waals surface area contributed by atoms with E-state index in [4.69, 9.17) is 9.15 Å². The number of esters is 2. The van der Waals surface area contributed by atoms with E-state index in [1.807, 2.05) is 0 Å². The van der Waals surface area contributed by atoms with Crippen LogP contribution < -0.4 is 15.4 Å². The van der Waals surface area contributed by atoms with Gasteiger partial charge in [-0.1, -0.05) is 0 Å². The lowest BCUT2D eigenvalue weighted by molar-refractivity contribution is -0.138. The van der Waals surface area contributed by atoms with Gasteiger partial charge in [-0.2, -0.15) is 0 Å². The highest BCUT2D eigenvalue weighted by Crippen LogP contribution is 2.29. The van der Waals surface area contributed by atoms with E-state index in [2.05, 4.69) is 20.1 Å². The van der Waals surface area contributed by atoms with Gasteiger partial charge in [0.2, 0.25) is 0 Å². The first kappa shape index (κ1) is 19.6. The molecule has 1 aromatic carbocycles. The summed E-state index contributed by atoms with van der Waals surface area (Å²) in [5.74, 6) is -1.46. The number of anilines is 2. The summed E-state index contributed by atoms with van der Waals surface area (Å²) < 4.78 is 19.4. The van der Waals surface area contributed by atoms with Crippen LogP contribution in [0.3, 0.4) is 0 Å². The van der Waals surface area contributed by atoms with Gasteiger partial charge in [-0.15, -0.1) is 0 Å². The second kappa shape index (κ2) is 9.09. The third kappa shape index (κ3) is 5.11. The SMILES string of the molecule is COC(=O)/C=C(/Nc1ccc(NC(=O)c2ccco2)c(OC)c1)C(=O)OC. The van der Waals surface area contributed by atoms with Crippen molar-refractivity contribution in [2.24, 2.45) is 0 Å². The molecule has 9 nitrogen and oxygen atoms in total. The number of furan rings is 1. The van der Waals surface area contributed by atoms with Crippen molar-refractivity contribution in [2.45, 2.75) is 0 Å². The molecule has 0 aliphatic rings. The minimum absolute atomic E-state index is 0.126. The van der Waals surface area contributed by atoms with Crippen molar-refractivity contribution in [3.05, 3.63) is 54.1 Å². The molecule has 0 atom stereocenters. The smallest absolute Gasteiger partial charge is 0.354 e. The Morgan fingerprint density at radius 1 is 1.04 bits per heavy atom. The fourth-order valence-corrected chi connectivity index (χ4v) is 2.05. The minimum atomic E-state index is -0.755. The van der Waals surface area contributed by atoms with E-state index in [9.17, 15) is 14.4 Å². The Morgan fingerprint density at radius 2 is 1.81 bits per heavy atom. The first-order valence-corrected chi connectivity index (χ1v) is 7.66. The Bertz CT molecular complexity index is 857. The van der Waals surface area contributed by atoms with Gasteiger partial charge in [-0.3, -0.25) is 4.79 Å². The lowest BCUT2D eigenvalue weighted by Gasteiger charge is -2.13. The molecule has 0 bridgehead atoms. The molecule has 142 valence electrons. The van der Waals surface area contributed by atoms with Crippen LogP contribution >= 0.6 is 0 Å². The average molecular weight is 374 g/mol. The van der Waals surface area contributed by atoms with E-state index < -0.39 is 17.8 Å². The third-order valence-electron chi connectivity index (χ3n) is 3.34. The summed E-state index contributed by atoms with van der Waals surface area (Å²) in [6.45, 7) is 0. The number of amides is 1. The quantitative estimate of drug-likeness (QED) is 0.560. The standard InChI is InChI=1S/C18H18N2O7/c1-24-15-9-11(19-13(18(23)26-3)10-16(21)25-2)6-7-12(15)20-17(22)14-5-4-8-27-14/h4-10,19H,1-3H3,(H,20,22)/b13-10+. The number of benzene rings is 1. The second-order valence-corrected chi connectivity index (χ2v) is 5.04. The lowest BCUT2D eigenvalue weighted by atomic mass is 10.2. The van der Waals surface area contributed by atoms with E-state index in [0.29, 0.717) is 17.1 Å². The molecular weight excluding hydrogens is 356 g/mol. The molecule has 0 spiro atoms. The minimum Gasteiger partial charge on any atom is -0.494 e. The van der Waals surface area contributed by atoms with Gasteiger partial charge in [0.1, 0.15) is 11.4 Å². The van der Waals surface area contributed by atoms with Crippen molar-refractivity contribution in [3.8, 4) is 5.75 Å². The van der Waals surface area contributed by atoms with Crippen LogP contribution in [0.25, 0.3) is 0 Å². The first-order chi connectivity index (χ1) is 13.0. The molecule has 2 aromatic rings. The number of rotatable bonds is 7. The van der Waals surface area contributed by atoms with Crippen LogP contribution in [-0.2, 0) is 19.1 Å². The summed E-state index contributed by atoms with van der Waals surface area (Å²) in [6.07, 6.45) is 2.35. The number of carbonyl (C=O) groups excluding carboxylic acids is 3. The van der Waals surface area contributed by atoms with Crippen LogP contribution in [0.15, 0.2) is 52.8 Å². The Balaban J connectivity index is 2.23. The molecular formula is C18H18N2O7. The number of methoxy groups -OCH3 is 3. The molecule has 27 heavy (non-hydrogen) atoms. The zero-order chi connectivity index (χ0) is 19.8. The third-order valence-corrected chi connectivity index (χ3v) is 3.34. The van der Waals surface area contributed by atoms with Crippen molar-refractivity contribution < 1.29 is 33.0 Å². The summed E-state index contributed by atoms with van der Waals surface area (Å²) in [4.78, 5) is 35.3. The number of nitrogens with one attached hydrogen (secondary N) is 2. The van der Waals surface area contributed by atoms with E-state index in [-0.39, 0.29) is 11.5 Å². The molecule has 0 unspecified atom stereocenters. The number of hydrogen-bond acceptors (Lipinski definition) is 8. The zero-order valence-corrected chi connectivity index (χ0v) is 14.9. The highest BCUT2D eigenvalue weighted by molar-refractivity contribution is 6.03. The van der Waals surface area contributed by atoms with Crippen molar-refractivity contribution in [1.82, 2.24) is 0 Å². The predicted octanol–water partition coefficient (Wildman–Crippen LogP) is 2.18. The van der Waals surface area contributed by atoms with Gasteiger partial charge in [0.25, 0.3) is 5.91 Å². The maximum absolute atomic E-state index is 12.1. The van der Waals surface area contributed by atoms with Crippen LogP contribution in [0.4, 0.5) is 11.4 Å². The Kier molecular flexibility index (Phi) is 6.59. The molecule has 1 aromatic heterocycles. The Morgan fingerprint density at radius 3 is 2.41 bits per heavy atom. The summed E-state index contributed by atoms with van der Waals surface area (Å²) in [7, 11) is 3.80. The normalized spacial score (nSPS) is 10.7. The van der Waals surface area contributed by atoms with Crippen LogP contribution in [0.1, 0.15) is 10.6 Å². The Hall–Kier alpha value is -3.75. The van der Waals surface area contributed by atoms with Crippen LogP contribution in [0.5, 0.6) is 5.75 Å². The summed E-state index contributed by atoms with van der Waals surface area (Å²) in [5.41, 5.74) is 0.684. The summed E-state index contributed by atoms with van der Waals surface area (Å²) >= 11 is 0. The van der Waals surface area contributed by atoms with E-state index >= 15 is 0 Å². The summed E-state index contributed by atoms with van der Waals surface area (Å²) in [6, 6.07) is 7.80. The maximum Gasteiger partial charge on any atom is 0.354 e. The Labute approximate surface area is 154 Å². The largest absolute Gasteiger partial charge is 0.494 e. The maximum atomic E-state index is 12.1. The monoisotopic (exact) mass is 374 g/mol. The fourth-order valence-electron chi connectivity index (χ4n) is 2.05. The molecule has 0 aliphatic heterocycles. The number of hydrogen-bond donors (Lipinski definition) is 2. The highest BCUT2D eigenvalue weighted by atomic mass is 16.5. The molecule has 0 aliphatic carbocycles. The second-order valence-electron chi connectivity index (χ2n) is 5.04. The van der Waals surface area contributed by atoms with Gasteiger partial charge in [0, 0.05) is 11.8 Å². The molecule has 1 heterocycles. The van der Waals surface area contributed by atoms with Gasteiger partial charge in [0.15, 0.2) is 5.76 Å². The number of carbonyl (C=O) groups is 3. The molecule has 1 amide bonds. The van der Waals surface area contributed by atoms with Crippen molar-refractivity contribution in [1.29, 1.82) is 0 Å². The van der Waals surface area contributed by atoms with Crippen LogP contribution in [-0.4, -0.2) is 39.2 Å². The average Bonchev–Trinajstić information content (AvgIpc) is 3.22. The van der Waals surface area contributed by atoms with Gasteiger partial charge < -0.3 is 29.3 Å². The van der Waals surface area contributed by atoms with Crippen LogP contribution in [0.2, 0.25) is 0 Å². The van der Waals surface area contributed by atoms with Gasteiger partial charge >= 0.3 is 11.9 Å². The van der Waals surface area contributed by atoms with E-state index in [0.717, 1.165) is 6.08 Å². The van der Waals surface area contributed by atoms with Crippen molar-refractivity contribution in [2.75, 3.05) is 32.0 Å². The van der Waals surface area contributed by atoms with Gasteiger partial charge in [0.05, 0.1) is 39.4 Å². The van der Waals surface area contributed by atoms with Crippen molar-refractivity contribution in [3.63, 3.8) is 0 Å². The molecule has 0 radical (unpaired) electrons. The molecule has 0 fully saturated rings. The summed E-state index contributed by atoms with van der Waals surface area (Å²) in [5, 5.41) is 5.41. The van der Waals surface area contributed by atoms with Gasteiger partial charge in [-0.05, 0) is 24.3 Å². The fraction of sp³-hybridized carbons (Fsp3) is 0.167. The highest BCUT2D eigenvalue weighted by Gasteiger charge is 2.16. The first-order valence-electron chi connectivity index (χ1n) is 7.66. The molecule has 0 saturated carbocycles. The van der Waals surface area contributed by atoms with Crippen molar-refractivity contribution >= 4 is 29.2 Å². The zero-order valence-electron chi connectivity index (χ0n) is 14.9. The van der Waals surface area contributed by atoms with Crippen LogP contribution in [0, 0.1) is 0 Å². The molecule has 2 rings (SSSR count). The predicted molar refractivity (Wildman–Crippen MR) is 95.4 cm³/mol. The van der Waals surface area contributed by atoms with E-state index in [1.54, 1.807) is 18.2 Å². The molecule has 2 N–H and O–H groups in total. The molecule has 0 saturated heterocycles.